The van der Waals surface area contributed by atoms with E-state index in [4.69, 9.17) is 0 Å². The van der Waals surface area contributed by atoms with Crippen LogP contribution in [0.2, 0.25) is 0 Å². The van der Waals surface area contributed by atoms with E-state index >= 15 is 0 Å². The first-order chi connectivity index (χ1) is 7.11. The number of nitrogens with one attached hydrogen (secondary N) is 1. The van der Waals surface area contributed by atoms with Crippen LogP contribution in [0.3, 0.4) is 0 Å². The molecule has 0 radical (unpaired) electrons. The molecule has 2 heterocycles. The van der Waals surface area contributed by atoms with Gasteiger partial charge in [-0.05, 0) is 20.3 Å². The highest BCUT2D eigenvalue weighted by atomic mass is 32.1. The zero-order valence-corrected chi connectivity index (χ0v) is 10.5. The Morgan fingerprint density at radius 2 is 2.40 bits per heavy atom. The van der Waals surface area contributed by atoms with Gasteiger partial charge in [-0.2, -0.15) is 0 Å². The minimum absolute atomic E-state index is 0.205. The zero-order chi connectivity index (χ0) is 10.9. The molecule has 15 heavy (non-hydrogen) atoms. The monoisotopic (exact) mass is 225 g/mol. The fourth-order valence-corrected chi connectivity index (χ4v) is 2.84. The van der Waals surface area contributed by atoms with Gasteiger partial charge in [0.2, 0.25) is 0 Å². The van der Waals surface area contributed by atoms with Gasteiger partial charge in [0.1, 0.15) is 0 Å². The summed E-state index contributed by atoms with van der Waals surface area (Å²) in [6, 6.07) is 0. The summed E-state index contributed by atoms with van der Waals surface area (Å²) < 4.78 is 0. The van der Waals surface area contributed by atoms with Gasteiger partial charge in [-0.25, -0.2) is 4.98 Å². The predicted molar refractivity (Wildman–Crippen MR) is 65.8 cm³/mol. The second-order valence-corrected chi connectivity index (χ2v) is 5.54. The number of hydrogen-bond donors (Lipinski definition) is 1. The third kappa shape index (κ3) is 2.49. The van der Waals surface area contributed by atoms with Crippen LogP contribution in [0.15, 0.2) is 5.38 Å². The molecule has 1 fully saturated rings. The first-order valence-corrected chi connectivity index (χ1v) is 6.43. The second kappa shape index (κ2) is 4.10. The van der Waals surface area contributed by atoms with Crippen molar-refractivity contribution in [3.05, 3.63) is 11.1 Å². The van der Waals surface area contributed by atoms with Crippen molar-refractivity contribution in [2.24, 2.45) is 0 Å². The molecule has 0 saturated carbocycles. The highest BCUT2D eigenvalue weighted by Gasteiger charge is 2.26. The Hall–Kier alpha value is -0.610. The molecule has 4 heteroatoms. The van der Waals surface area contributed by atoms with Gasteiger partial charge in [-0.15, -0.1) is 11.3 Å². The lowest BCUT2D eigenvalue weighted by Crippen LogP contribution is -2.57. The van der Waals surface area contributed by atoms with E-state index in [1.54, 1.807) is 11.3 Å². The molecule has 3 nitrogen and oxygen atoms in total. The van der Waals surface area contributed by atoms with Crippen molar-refractivity contribution in [2.45, 2.75) is 32.7 Å². The summed E-state index contributed by atoms with van der Waals surface area (Å²) in [4.78, 5) is 7.02. The van der Waals surface area contributed by atoms with Crippen molar-refractivity contribution < 1.29 is 0 Å². The van der Waals surface area contributed by atoms with E-state index < -0.39 is 0 Å². The quantitative estimate of drug-likeness (QED) is 0.833. The normalized spacial score (nSPS) is 20.6. The minimum atomic E-state index is 0.205. The van der Waals surface area contributed by atoms with Crippen LogP contribution in [-0.2, 0) is 6.42 Å². The molecule has 0 unspecified atom stereocenters. The maximum atomic E-state index is 4.63. The summed E-state index contributed by atoms with van der Waals surface area (Å²) in [7, 11) is 0. The van der Waals surface area contributed by atoms with Crippen LogP contribution in [0.5, 0.6) is 0 Å². The fraction of sp³-hybridized carbons (Fsp3) is 0.727. The van der Waals surface area contributed by atoms with Crippen molar-refractivity contribution in [3.8, 4) is 0 Å². The molecule has 1 aromatic rings. The molecule has 1 N–H and O–H groups in total. The van der Waals surface area contributed by atoms with Crippen LogP contribution in [-0.4, -0.2) is 30.2 Å². The van der Waals surface area contributed by atoms with Crippen LogP contribution >= 0.6 is 11.3 Å². The Morgan fingerprint density at radius 1 is 1.60 bits per heavy atom. The molecular weight excluding hydrogens is 206 g/mol. The molecule has 2 rings (SSSR count). The van der Waals surface area contributed by atoms with Crippen molar-refractivity contribution >= 4 is 16.5 Å². The lowest BCUT2D eigenvalue weighted by atomic mass is 10.0. The highest BCUT2D eigenvalue weighted by Crippen LogP contribution is 2.23. The molecule has 0 aromatic carbocycles. The standard InChI is InChI=1S/C11H19N3S/c1-4-9-7-15-10(13-9)14-6-5-12-11(2,3)8-14/h7,12H,4-6,8H2,1-3H3. The molecule has 1 saturated heterocycles. The SMILES string of the molecule is CCc1csc(N2CCNC(C)(C)C2)n1. The first kappa shape index (κ1) is 10.9. The van der Waals surface area contributed by atoms with Crippen LogP contribution in [0.25, 0.3) is 0 Å². The Kier molecular flexibility index (Phi) is 2.98. The fourth-order valence-electron chi connectivity index (χ4n) is 1.91. The van der Waals surface area contributed by atoms with Crippen molar-refractivity contribution in [1.82, 2.24) is 10.3 Å². The molecule has 1 aromatic heterocycles. The van der Waals surface area contributed by atoms with E-state index in [1.165, 1.54) is 10.8 Å². The summed E-state index contributed by atoms with van der Waals surface area (Å²) >= 11 is 1.77. The van der Waals surface area contributed by atoms with E-state index in [-0.39, 0.29) is 5.54 Å². The number of aromatic nitrogens is 1. The molecule has 0 spiro atoms. The van der Waals surface area contributed by atoms with Gasteiger partial charge in [0.05, 0.1) is 5.69 Å². The Balaban J connectivity index is 2.10. The topological polar surface area (TPSA) is 28.2 Å². The van der Waals surface area contributed by atoms with E-state index in [9.17, 15) is 0 Å². The molecule has 0 bridgehead atoms. The largest absolute Gasteiger partial charge is 0.345 e. The molecule has 0 amide bonds. The van der Waals surface area contributed by atoms with Gasteiger partial charge in [-0.1, -0.05) is 6.92 Å². The summed E-state index contributed by atoms with van der Waals surface area (Å²) in [5.41, 5.74) is 1.42. The van der Waals surface area contributed by atoms with Gasteiger partial charge in [0, 0.05) is 30.6 Å². The van der Waals surface area contributed by atoms with E-state index in [0.717, 1.165) is 26.1 Å². The summed E-state index contributed by atoms with van der Waals surface area (Å²) in [6.45, 7) is 9.80. The smallest absolute Gasteiger partial charge is 0.185 e. The summed E-state index contributed by atoms with van der Waals surface area (Å²) in [5.74, 6) is 0. The maximum absolute atomic E-state index is 4.63. The first-order valence-electron chi connectivity index (χ1n) is 5.55. The minimum Gasteiger partial charge on any atom is -0.345 e. The van der Waals surface area contributed by atoms with Crippen molar-refractivity contribution in [3.63, 3.8) is 0 Å². The Bertz CT molecular complexity index is 332. The molecule has 1 aliphatic heterocycles. The van der Waals surface area contributed by atoms with Gasteiger partial charge < -0.3 is 10.2 Å². The molecule has 0 aliphatic carbocycles. The zero-order valence-electron chi connectivity index (χ0n) is 9.71. The lowest BCUT2D eigenvalue weighted by Gasteiger charge is -2.39. The van der Waals surface area contributed by atoms with Crippen LogP contribution in [0.4, 0.5) is 5.13 Å². The average molecular weight is 225 g/mol. The van der Waals surface area contributed by atoms with Crippen LogP contribution in [0, 0.1) is 0 Å². The number of anilines is 1. The molecule has 0 atom stereocenters. The maximum Gasteiger partial charge on any atom is 0.185 e. The summed E-state index contributed by atoms with van der Waals surface area (Å²) in [5, 5.41) is 6.87. The molecule has 84 valence electrons. The Morgan fingerprint density at radius 3 is 3.00 bits per heavy atom. The van der Waals surface area contributed by atoms with Crippen molar-refractivity contribution in [1.29, 1.82) is 0 Å². The number of nitrogens with zero attached hydrogens (tertiary/aromatic N) is 2. The van der Waals surface area contributed by atoms with Crippen molar-refractivity contribution in [2.75, 3.05) is 24.5 Å². The summed E-state index contributed by atoms with van der Waals surface area (Å²) in [6.07, 6.45) is 1.03. The lowest BCUT2D eigenvalue weighted by molar-refractivity contribution is 0.353. The van der Waals surface area contributed by atoms with Gasteiger partial charge in [-0.3, -0.25) is 0 Å². The predicted octanol–water partition coefficient (Wildman–Crippen LogP) is 1.89. The number of aryl methyl sites for hydroxylation is 1. The van der Waals surface area contributed by atoms with E-state index in [1.807, 2.05) is 0 Å². The van der Waals surface area contributed by atoms with Crippen LogP contribution in [0.1, 0.15) is 26.5 Å². The highest BCUT2D eigenvalue weighted by molar-refractivity contribution is 7.13. The number of rotatable bonds is 2. The number of thiazole rings is 1. The van der Waals surface area contributed by atoms with E-state index in [2.05, 4.69) is 41.4 Å². The number of piperazine rings is 1. The van der Waals surface area contributed by atoms with Gasteiger partial charge in [0.25, 0.3) is 0 Å². The molecular formula is C11H19N3S. The third-order valence-electron chi connectivity index (χ3n) is 2.74. The number of hydrogen-bond acceptors (Lipinski definition) is 4. The average Bonchev–Trinajstić information content (AvgIpc) is 2.64. The van der Waals surface area contributed by atoms with E-state index in [0.29, 0.717) is 0 Å². The van der Waals surface area contributed by atoms with Gasteiger partial charge in [0.15, 0.2) is 5.13 Å². The molecule has 1 aliphatic rings. The second-order valence-electron chi connectivity index (χ2n) is 4.71. The third-order valence-corrected chi connectivity index (χ3v) is 3.69. The Labute approximate surface area is 95.5 Å². The van der Waals surface area contributed by atoms with Gasteiger partial charge >= 0.3 is 0 Å². The van der Waals surface area contributed by atoms with Crippen LogP contribution < -0.4 is 10.2 Å².